The molecule has 2 N–H and O–H groups in total. The highest BCUT2D eigenvalue weighted by atomic mass is 16.5. The summed E-state index contributed by atoms with van der Waals surface area (Å²) in [7, 11) is 1.73. The quantitative estimate of drug-likeness (QED) is 0.555. The molecule has 1 aliphatic heterocycles. The third-order valence-corrected chi connectivity index (χ3v) is 4.14. The SMILES string of the molecule is CN=C(NCc1cc2ccccc2o1)Nc1ccc2c(c1)OCCCO2. The Morgan fingerprint density at radius 1 is 1.04 bits per heavy atom. The lowest BCUT2D eigenvalue weighted by Crippen LogP contribution is -2.30. The fraction of sp³-hybridized carbons (Fsp3) is 0.250. The van der Waals surface area contributed by atoms with E-state index in [2.05, 4.69) is 15.6 Å². The van der Waals surface area contributed by atoms with E-state index in [1.807, 2.05) is 48.5 Å². The molecule has 0 amide bonds. The number of nitrogens with one attached hydrogen (secondary N) is 2. The summed E-state index contributed by atoms with van der Waals surface area (Å²) >= 11 is 0. The summed E-state index contributed by atoms with van der Waals surface area (Å²) in [5.74, 6) is 3.03. The Labute approximate surface area is 151 Å². The zero-order valence-electron chi connectivity index (χ0n) is 14.6. The Kier molecular flexibility index (Phi) is 4.64. The minimum absolute atomic E-state index is 0.541. The second-order valence-electron chi connectivity index (χ2n) is 6.01. The fourth-order valence-electron chi connectivity index (χ4n) is 2.85. The average Bonchev–Trinajstić information content (AvgIpc) is 2.94. The van der Waals surface area contributed by atoms with Crippen molar-refractivity contribution in [3.63, 3.8) is 0 Å². The van der Waals surface area contributed by atoms with E-state index in [0.717, 1.165) is 40.3 Å². The molecule has 26 heavy (non-hydrogen) atoms. The van der Waals surface area contributed by atoms with Gasteiger partial charge in [-0.05, 0) is 24.3 Å². The number of anilines is 1. The van der Waals surface area contributed by atoms with Crippen molar-refractivity contribution in [2.24, 2.45) is 4.99 Å². The summed E-state index contributed by atoms with van der Waals surface area (Å²) in [5.41, 5.74) is 1.77. The number of furan rings is 1. The number of fused-ring (bicyclic) bond motifs is 2. The molecule has 3 aromatic rings. The Bertz CT molecular complexity index is 900. The minimum Gasteiger partial charge on any atom is -0.490 e. The number of nitrogens with zero attached hydrogens (tertiary/aromatic N) is 1. The van der Waals surface area contributed by atoms with Gasteiger partial charge in [0, 0.05) is 30.6 Å². The van der Waals surface area contributed by atoms with Gasteiger partial charge in [-0.25, -0.2) is 0 Å². The van der Waals surface area contributed by atoms with Gasteiger partial charge in [-0.2, -0.15) is 0 Å². The number of benzene rings is 2. The van der Waals surface area contributed by atoms with Crippen LogP contribution in [0.2, 0.25) is 0 Å². The topological polar surface area (TPSA) is 68.0 Å². The minimum atomic E-state index is 0.541. The molecule has 1 aliphatic rings. The van der Waals surface area contributed by atoms with Crippen molar-refractivity contribution in [2.45, 2.75) is 13.0 Å². The molecule has 0 radical (unpaired) electrons. The van der Waals surface area contributed by atoms with Crippen molar-refractivity contribution in [3.8, 4) is 11.5 Å². The van der Waals surface area contributed by atoms with Crippen LogP contribution in [0.3, 0.4) is 0 Å². The molecule has 1 aromatic heterocycles. The molecule has 4 rings (SSSR count). The number of rotatable bonds is 3. The van der Waals surface area contributed by atoms with Crippen LogP contribution < -0.4 is 20.1 Å². The highest BCUT2D eigenvalue weighted by Gasteiger charge is 2.11. The first kappa shape index (κ1) is 16.3. The summed E-state index contributed by atoms with van der Waals surface area (Å²) in [6, 6.07) is 15.8. The third-order valence-electron chi connectivity index (χ3n) is 4.14. The summed E-state index contributed by atoms with van der Waals surface area (Å²) in [4.78, 5) is 4.26. The summed E-state index contributed by atoms with van der Waals surface area (Å²) < 4.78 is 17.2. The smallest absolute Gasteiger partial charge is 0.195 e. The first-order chi connectivity index (χ1) is 12.8. The third kappa shape index (κ3) is 3.59. The van der Waals surface area contributed by atoms with Crippen LogP contribution in [0.25, 0.3) is 11.0 Å². The molecule has 0 aliphatic carbocycles. The zero-order valence-corrected chi connectivity index (χ0v) is 14.6. The lowest BCUT2D eigenvalue weighted by atomic mass is 10.2. The lowest BCUT2D eigenvalue weighted by Gasteiger charge is -2.13. The molecular weight excluding hydrogens is 330 g/mol. The van der Waals surface area contributed by atoms with E-state index in [0.29, 0.717) is 25.7 Å². The van der Waals surface area contributed by atoms with E-state index in [-0.39, 0.29) is 0 Å². The van der Waals surface area contributed by atoms with Crippen molar-refractivity contribution in [1.29, 1.82) is 0 Å². The predicted molar refractivity (Wildman–Crippen MR) is 102 cm³/mol. The predicted octanol–water partition coefficient (Wildman–Crippen LogP) is 3.78. The second kappa shape index (κ2) is 7.39. The van der Waals surface area contributed by atoms with Crippen LogP contribution in [0.5, 0.6) is 11.5 Å². The molecule has 0 spiro atoms. The highest BCUT2D eigenvalue weighted by molar-refractivity contribution is 5.93. The van der Waals surface area contributed by atoms with Crippen LogP contribution in [0.4, 0.5) is 5.69 Å². The number of ether oxygens (including phenoxy) is 2. The maximum Gasteiger partial charge on any atom is 0.195 e. The van der Waals surface area contributed by atoms with Gasteiger partial charge in [-0.3, -0.25) is 4.99 Å². The van der Waals surface area contributed by atoms with Crippen molar-refractivity contribution in [2.75, 3.05) is 25.6 Å². The van der Waals surface area contributed by atoms with E-state index in [9.17, 15) is 0 Å². The van der Waals surface area contributed by atoms with Crippen LogP contribution in [0, 0.1) is 0 Å². The van der Waals surface area contributed by atoms with Crippen molar-refractivity contribution in [1.82, 2.24) is 5.32 Å². The number of hydrogen-bond donors (Lipinski definition) is 2. The van der Waals surface area contributed by atoms with E-state index >= 15 is 0 Å². The maximum absolute atomic E-state index is 5.82. The fourth-order valence-corrected chi connectivity index (χ4v) is 2.85. The standard InChI is InChI=1S/C20H21N3O3/c1-21-20(22-13-16-11-14-5-2-3-6-17(14)26-16)23-15-7-8-18-19(12-15)25-10-4-9-24-18/h2-3,5-8,11-12H,4,9-10,13H2,1H3,(H2,21,22,23). The normalized spacial score (nSPS) is 14.1. The molecule has 6 nitrogen and oxygen atoms in total. The van der Waals surface area contributed by atoms with Gasteiger partial charge in [0.1, 0.15) is 11.3 Å². The van der Waals surface area contributed by atoms with Crippen LogP contribution in [-0.2, 0) is 6.54 Å². The molecule has 6 heteroatoms. The maximum atomic E-state index is 5.82. The molecular formula is C20H21N3O3. The second-order valence-corrected chi connectivity index (χ2v) is 6.01. The van der Waals surface area contributed by atoms with Crippen molar-refractivity contribution >= 4 is 22.6 Å². The Hall–Kier alpha value is -3.15. The van der Waals surface area contributed by atoms with Crippen molar-refractivity contribution in [3.05, 3.63) is 54.3 Å². The van der Waals surface area contributed by atoms with Gasteiger partial charge in [0.15, 0.2) is 17.5 Å². The van der Waals surface area contributed by atoms with Crippen LogP contribution >= 0.6 is 0 Å². The number of para-hydroxylation sites is 1. The van der Waals surface area contributed by atoms with E-state index in [4.69, 9.17) is 13.9 Å². The van der Waals surface area contributed by atoms with Gasteiger partial charge < -0.3 is 24.5 Å². The summed E-state index contributed by atoms with van der Waals surface area (Å²) in [6.07, 6.45) is 0.887. The van der Waals surface area contributed by atoms with Crippen LogP contribution in [-0.4, -0.2) is 26.2 Å². The van der Waals surface area contributed by atoms with Crippen molar-refractivity contribution < 1.29 is 13.9 Å². The van der Waals surface area contributed by atoms with Crippen LogP contribution in [0.15, 0.2) is 57.9 Å². The number of aliphatic imine (C=N–C) groups is 1. The monoisotopic (exact) mass is 351 g/mol. The van der Waals surface area contributed by atoms with E-state index < -0.39 is 0 Å². The van der Waals surface area contributed by atoms with E-state index in [1.165, 1.54) is 0 Å². The summed E-state index contributed by atoms with van der Waals surface area (Å²) in [6.45, 7) is 1.88. The molecule has 0 unspecified atom stereocenters. The molecule has 2 heterocycles. The van der Waals surface area contributed by atoms with Gasteiger partial charge in [0.05, 0.1) is 19.8 Å². The molecule has 2 aromatic carbocycles. The van der Waals surface area contributed by atoms with Crippen LogP contribution in [0.1, 0.15) is 12.2 Å². The summed E-state index contributed by atoms with van der Waals surface area (Å²) in [5, 5.41) is 7.62. The Morgan fingerprint density at radius 3 is 2.73 bits per heavy atom. The largest absolute Gasteiger partial charge is 0.490 e. The number of hydrogen-bond acceptors (Lipinski definition) is 4. The van der Waals surface area contributed by atoms with Gasteiger partial charge in [-0.1, -0.05) is 18.2 Å². The lowest BCUT2D eigenvalue weighted by molar-refractivity contribution is 0.297. The van der Waals surface area contributed by atoms with E-state index in [1.54, 1.807) is 7.05 Å². The Morgan fingerprint density at radius 2 is 1.88 bits per heavy atom. The van der Waals surface area contributed by atoms with Gasteiger partial charge in [0.2, 0.25) is 0 Å². The van der Waals surface area contributed by atoms with Gasteiger partial charge in [0.25, 0.3) is 0 Å². The first-order valence-electron chi connectivity index (χ1n) is 8.66. The zero-order chi connectivity index (χ0) is 17.8. The molecule has 134 valence electrons. The first-order valence-corrected chi connectivity index (χ1v) is 8.66. The molecule has 0 saturated carbocycles. The van der Waals surface area contributed by atoms with Gasteiger partial charge in [-0.15, -0.1) is 0 Å². The average molecular weight is 351 g/mol. The molecule has 0 atom stereocenters. The number of guanidine groups is 1. The molecule has 0 saturated heterocycles. The highest BCUT2D eigenvalue weighted by Crippen LogP contribution is 2.32. The Balaban J connectivity index is 1.42. The molecule has 0 bridgehead atoms. The van der Waals surface area contributed by atoms with Gasteiger partial charge >= 0.3 is 0 Å². The molecule has 0 fully saturated rings.